The molecule has 354 valence electrons. The van der Waals surface area contributed by atoms with Crippen LogP contribution < -0.4 is 20.7 Å². The fourth-order valence-electron chi connectivity index (χ4n) is 13.2. The van der Waals surface area contributed by atoms with E-state index < -0.39 is 0 Å². The second-order valence-electron chi connectivity index (χ2n) is 23.5. The summed E-state index contributed by atoms with van der Waals surface area (Å²) in [4.78, 5) is 5.06. The number of fused-ring (bicyclic) bond motifs is 7. The fourth-order valence-corrected chi connectivity index (χ4v) is 13.2. The van der Waals surface area contributed by atoms with E-state index in [0.29, 0.717) is 0 Å². The van der Waals surface area contributed by atoms with Gasteiger partial charge in [0.15, 0.2) is 0 Å². The second-order valence-corrected chi connectivity index (χ2v) is 23.5. The van der Waals surface area contributed by atoms with Gasteiger partial charge in [0.05, 0.1) is 5.52 Å². The van der Waals surface area contributed by atoms with Crippen LogP contribution in [-0.4, -0.2) is 11.3 Å². The van der Waals surface area contributed by atoms with Crippen LogP contribution in [0.3, 0.4) is 0 Å². The second kappa shape index (κ2) is 16.4. The molecule has 0 N–H and O–H groups in total. The van der Waals surface area contributed by atoms with Gasteiger partial charge < -0.3 is 14.4 Å². The Kier molecular flexibility index (Phi) is 10.1. The third-order valence-electron chi connectivity index (χ3n) is 16.8. The van der Waals surface area contributed by atoms with Crippen molar-refractivity contribution in [2.75, 3.05) is 9.80 Å². The zero-order valence-corrected chi connectivity index (χ0v) is 43.4. The topological polar surface area (TPSA) is 11.4 Å². The van der Waals surface area contributed by atoms with Gasteiger partial charge in [0, 0.05) is 56.1 Å². The third-order valence-corrected chi connectivity index (χ3v) is 16.8. The minimum atomic E-state index is 0.0462. The number of aromatic nitrogens is 1. The Morgan fingerprint density at radius 1 is 0.500 bits per heavy atom. The molecule has 0 saturated heterocycles. The minimum absolute atomic E-state index is 0.0462. The van der Waals surface area contributed by atoms with Crippen molar-refractivity contribution in [3.8, 4) is 11.1 Å². The number of allylic oxidation sites excluding steroid dienone is 3. The lowest BCUT2D eigenvalue weighted by Crippen LogP contribution is -2.58. The van der Waals surface area contributed by atoms with Crippen LogP contribution in [0.4, 0.5) is 28.4 Å². The third kappa shape index (κ3) is 7.07. The molecule has 4 heterocycles. The van der Waals surface area contributed by atoms with Gasteiger partial charge in [-0.25, -0.2) is 0 Å². The lowest BCUT2D eigenvalue weighted by atomic mass is 9.25. The van der Waals surface area contributed by atoms with Crippen LogP contribution in [0.2, 0.25) is 5.82 Å². The highest BCUT2D eigenvalue weighted by Gasteiger charge is 2.50. The van der Waals surface area contributed by atoms with Crippen molar-refractivity contribution < 1.29 is 0 Å². The molecule has 0 spiro atoms. The molecule has 3 aliphatic heterocycles. The molecule has 1 aliphatic carbocycles. The summed E-state index contributed by atoms with van der Waals surface area (Å²) in [5.74, 6) is 0.459. The number of benzene rings is 8. The summed E-state index contributed by atoms with van der Waals surface area (Å²) in [5.41, 5.74) is 28.2. The molecule has 2 bridgehead atoms. The normalized spacial score (nSPS) is 16.7. The SMILES string of the molecule is Cc1ccc(N(c2ccc(C)cc2)c2cc3c4c(c2)CC2C=C(N(c5ccc(C(C)(C)C)cc5)c5ccc(C(C)(C)C)cc5)C=C5C2B4c2c(C)c(cc4c6ccccc6n5c24)-c2ccccc2CC3)cc1. The highest BCUT2D eigenvalue weighted by molar-refractivity contribution is 6.91. The smallest absolute Gasteiger partial charge is 0.222 e. The van der Waals surface area contributed by atoms with E-state index in [9.17, 15) is 0 Å². The molecular weight excluding hydrogens is 870 g/mol. The number of rotatable bonds is 6. The summed E-state index contributed by atoms with van der Waals surface area (Å²) in [6, 6.07) is 63.3. The van der Waals surface area contributed by atoms with Crippen LogP contribution >= 0.6 is 0 Å². The van der Waals surface area contributed by atoms with Crippen molar-refractivity contribution in [2.24, 2.45) is 5.92 Å². The van der Waals surface area contributed by atoms with Gasteiger partial charge in [0.1, 0.15) is 0 Å². The van der Waals surface area contributed by atoms with E-state index in [4.69, 9.17) is 0 Å². The van der Waals surface area contributed by atoms with Crippen LogP contribution in [0, 0.1) is 26.7 Å². The fraction of sp³-hybridized carbons (Fsp3) is 0.235. The minimum Gasteiger partial charge on any atom is -0.314 e. The van der Waals surface area contributed by atoms with Crippen molar-refractivity contribution in [1.82, 2.24) is 4.57 Å². The molecule has 0 fully saturated rings. The van der Waals surface area contributed by atoms with Crippen LogP contribution in [0.25, 0.3) is 38.6 Å². The summed E-state index contributed by atoms with van der Waals surface area (Å²) in [6.45, 7) is 20.8. The first-order valence-corrected chi connectivity index (χ1v) is 26.4. The molecule has 0 saturated carbocycles. The number of hydrogen-bond donors (Lipinski definition) is 0. The number of anilines is 5. The highest BCUT2D eigenvalue weighted by Crippen LogP contribution is 2.53. The van der Waals surface area contributed by atoms with Crippen molar-refractivity contribution in [3.63, 3.8) is 0 Å². The quantitative estimate of drug-likeness (QED) is 0.154. The Morgan fingerprint density at radius 2 is 1.04 bits per heavy atom. The molecule has 13 rings (SSSR count). The van der Waals surface area contributed by atoms with Gasteiger partial charge in [-0.05, 0) is 180 Å². The van der Waals surface area contributed by atoms with Crippen molar-refractivity contribution >= 4 is 73.6 Å². The predicted molar refractivity (Wildman–Crippen MR) is 308 cm³/mol. The average Bonchev–Trinajstić information content (AvgIpc) is 3.70. The summed E-state index contributed by atoms with van der Waals surface area (Å²) >= 11 is 0. The van der Waals surface area contributed by atoms with Gasteiger partial charge in [-0.1, -0.05) is 166 Å². The first-order valence-electron chi connectivity index (χ1n) is 26.4. The molecule has 4 heteroatoms. The Morgan fingerprint density at radius 3 is 1.67 bits per heavy atom. The van der Waals surface area contributed by atoms with E-state index in [-0.39, 0.29) is 29.3 Å². The zero-order valence-electron chi connectivity index (χ0n) is 43.4. The van der Waals surface area contributed by atoms with Gasteiger partial charge >= 0.3 is 0 Å². The van der Waals surface area contributed by atoms with Crippen LogP contribution in [0.1, 0.15) is 86.1 Å². The van der Waals surface area contributed by atoms with Crippen LogP contribution in [0.15, 0.2) is 182 Å². The molecule has 1 aromatic heterocycles. The van der Waals surface area contributed by atoms with Crippen molar-refractivity contribution in [1.29, 1.82) is 0 Å². The zero-order chi connectivity index (χ0) is 49.4. The molecule has 0 radical (unpaired) electrons. The Bertz CT molecular complexity index is 3600. The molecule has 72 heavy (non-hydrogen) atoms. The van der Waals surface area contributed by atoms with E-state index in [1.54, 1.807) is 5.46 Å². The molecule has 0 amide bonds. The maximum Gasteiger partial charge on any atom is 0.222 e. The lowest BCUT2D eigenvalue weighted by Gasteiger charge is -2.47. The standard InChI is InChI=1S/C68H64BN3/c1-42-18-28-51(29-19-42)70(52-30-20-43(2)21-31-52)55-37-46-23-22-45-14-10-11-15-57(45)59-41-60-58-16-12-13-17-61(58)72-62-40-56(39-48-36-47(38-55)64(46)69(65(48)62)63(44(59)3)66(60)72)71(53-32-24-49(25-33-53)67(4,5)6)54-34-26-50(27-35-54)68(7,8)9/h10-21,24-35,37-41,48,65H,22-23,36H2,1-9H3. The maximum atomic E-state index is 2.72. The summed E-state index contributed by atoms with van der Waals surface area (Å²) < 4.78 is 2.72. The van der Waals surface area contributed by atoms with Gasteiger partial charge in [0.2, 0.25) is 6.71 Å². The lowest BCUT2D eigenvalue weighted by molar-refractivity contribution is 0.590. The number of aryl methyl sites for hydroxylation is 4. The molecule has 2 atom stereocenters. The number of nitrogens with zero attached hydrogens (tertiary/aromatic N) is 3. The van der Waals surface area contributed by atoms with E-state index in [0.717, 1.165) is 19.3 Å². The van der Waals surface area contributed by atoms with E-state index in [1.807, 2.05) is 0 Å². The number of para-hydroxylation sites is 1. The monoisotopic (exact) mass is 934 g/mol. The van der Waals surface area contributed by atoms with E-state index in [1.165, 1.54) is 123 Å². The van der Waals surface area contributed by atoms with Gasteiger partial charge in [0.25, 0.3) is 0 Å². The molecule has 8 aromatic carbocycles. The van der Waals surface area contributed by atoms with E-state index in [2.05, 4.69) is 253 Å². The Balaban J connectivity index is 1.11. The van der Waals surface area contributed by atoms with Gasteiger partial charge in [-0.15, -0.1) is 0 Å². The molecular formula is C68H64BN3. The predicted octanol–water partition coefficient (Wildman–Crippen LogP) is 16.3. The first-order chi connectivity index (χ1) is 34.7. The largest absolute Gasteiger partial charge is 0.314 e. The summed E-state index contributed by atoms with van der Waals surface area (Å²) in [6.07, 6.45) is 8.16. The number of hydrogen-bond acceptors (Lipinski definition) is 2. The maximum absolute atomic E-state index is 2.72. The molecule has 4 aliphatic rings. The van der Waals surface area contributed by atoms with Crippen molar-refractivity contribution in [3.05, 3.63) is 226 Å². The first kappa shape index (κ1) is 44.6. The average molecular weight is 934 g/mol. The van der Waals surface area contributed by atoms with Gasteiger partial charge in [-0.3, -0.25) is 0 Å². The molecule has 9 aromatic rings. The summed E-state index contributed by atoms with van der Waals surface area (Å²) in [7, 11) is 0. The van der Waals surface area contributed by atoms with E-state index >= 15 is 0 Å². The van der Waals surface area contributed by atoms with Crippen molar-refractivity contribution in [2.45, 2.75) is 98.2 Å². The van der Waals surface area contributed by atoms with Crippen LogP contribution in [0.5, 0.6) is 0 Å². The van der Waals surface area contributed by atoms with Crippen LogP contribution in [-0.2, 0) is 30.1 Å². The highest BCUT2D eigenvalue weighted by atomic mass is 15.2. The Labute approximate surface area is 427 Å². The van der Waals surface area contributed by atoms with Gasteiger partial charge in [-0.2, -0.15) is 0 Å². The Hall–Kier alpha value is -7.30. The molecule has 2 unspecified atom stereocenters. The molecule has 3 nitrogen and oxygen atoms in total. The summed E-state index contributed by atoms with van der Waals surface area (Å²) in [5, 5.41) is 2.68.